The Morgan fingerprint density at radius 1 is 1.38 bits per heavy atom. The summed E-state index contributed by atoms with van der Waals surface area (Å²) in [7, 11) is 0. The largest absolute Gasteiger partial charge is 0.481 e. The van der Waals surface area contributed by atoms with Crippen molar-refractivity contribution in [2.75, 3.05) is 5.32 Å². The molecule has 1 aliphatic carbocycles. The van der Waals surface area contributed by atoms with E-state index in [0.29, 0.717) is 17.9 Å². The summed E-state index contributed by atoms with van der Waals surface area (Å²) in [4.78, 5) is 25.8. The van der Waals surface area contributed by atoms with Gasteiger partial charge in [0.2, 0.25) is 0 Å². The zero-order valence-corrected chi connectivity index (χ0v) is 11.9. The van der Waals surface area contributed by atoms with Crippen molar-refractivity contribution in [2.24, 2.45) is 5.92 Å². The first-order chi connectivity index (χ1) is 9.99. The van der Waals surface area contributed by atoms with Gasteiger partial charge in [0.15, 0.2) is 0 Å². The van der Waals surface area contributed by atoms with Crippen LogP contribution in [0.2, 0.25) is 0 Å². The number of nitro groups is 1. The molecule has 2 atom stereocenters. The number of hydrogen-bond acceptors (Lipinski definition) is 5. The lowest BCUT2D eigenvalue weighted by molar-refractivity contribution is -0.385. The summed E-state index contributed by atoms with van der Waals surface area (Å²) in [5.74, 6) is -0.742. The van der Waals surface area contributed by atoms with Crippen LogP contribution in [0.25, 0.3) is 0 Å². The molecule has 0 amide bonds. The monoisotopic (exact) mass is 293 g/mol. The molecule has 21 heavy (non-hydrogen) atoms. The van der Waals surface area contributed by atoms with E-state index in [1.165, 1.54) is 12.1 Å². The standard InChI is InChI=1S/C14H19N3O4/c1-9-12(17(20)21)7-8-13(15-9)16-11-6-4-2-3-5-10(11)14(18)19/h7-8,10-11H,2-6H2,1H3,(H,15,16)(H,18,19). The average molecular weight is 293 g/mol. The second-order valence-electron chi connectivity index (χ2n) is 5.39. The number of hydrogen-bond donors (Lipinski definition) is 2. The van der Waals surface area contributed by atoms with Crippen LogP contribution in [0, 0.1) is 23.0 Å². The summed E-state index contributed by atoms with van der Waals surface area (Å²) >= 11 is 0. The lowest BCUT2D eigenvalue weighted by atomic mass is 9.95. The normalized spacial score (nSPS) is 22.3. The summed E-state index contributed by atoms with van der Waals surface area (Å²) in [6.07, 6.45) is 4.36. The van der Waals surface area contributed by atoms with Crippen molar-refractivity contribution in [3.8, 4) is 0 Å². The van der Waals surface area contributed by atoms with Crippen molar-refractivity contribution < 1.29 is 14.8 Å². The fraction of sp³-hybridized carbons (Fsp3) is 0.571. The van der Waals surface area contributed by atoms with Crippen LogP contribution in [0.15, 0.2) is 12.1 Å². The Hall–Kier alpha value is -2.18. The molecule has 0 aliphatic heterocycles. The minimum absolute atomic E-state index is 0.0313. The minimum atomic E-state index is -0.798. The number of aromatic nitrogens is 1. The van der Waals surface area contributed by atoms with E-state index >= 15 is 0 Å². The van der Waals surface area contributed by atoms with Crippen molar-refractivity contribution in [3.05, 3.63) is 27.9 Å². The van der Waals surface area contributed by atoms with Crippen LogP contribution < -0.4 is 5.32 Å². The van der Waals surface area contributed by atoms with Gasteiger partial charge in [0.1, 0.15) is 11.5 Å². The van der Waals surface area contributed by atoms with Crippen molar-refractivity contribution in [3.63, 3.8) is 0 Å². The van der Waals surface area contributed by atoms with Gasteiger partial charge in [-0.1, -0.05) is 19.3 Å². The highest BCUT2D eigenvalue weighted by Gasteiger charge is 2.29. The Morgan fingerprint density at radius 2 is 2.10 bits per heavy atom. The number of anilines is 1. The first kappa shape index (κ1) is 15.2. The van der Waals surface area contributed by atoms with Crippen molar-refractivity contribution in [1.82, 2.24) is 4.98 Å². The van der Waals surface area contributed by atoms with Crippen LogP contribution in [0.4, 0.5) is 11.5 Å². The fourth-order valence-electron chi connectivity index (χ4n) is 2.79. The summed E-state index contributed by atoms with van der Waals surface area (Å²) < 4.78 is 0. The van der Waals surface area contributed by atoms with Crippen molar-refractivity contribution >= 4 is 17.5 Å². The molecule has 1 saturated carbocycles. The summed E-state index contributed by atoms with van der Waals surface area (Å²) in [6.45, 7) is 1.57. The van der Waals surface area contributed by atoms with Crippen molar-refractivity contribution in [1.29, 1.82) is 0 Å². The topological polar surface area (TPSA) is 105 Å². The first-order valence-corrected chi connectivity index (χ1v) is 7.10. The van der Waals surface area contributed by atoms with Gasteiger partial charge in [0, 0.05) is 12.1 Å². The predicted molar refractivity (Wildman–Crippen MR) is 77.2 cm³/mol. The number of nitrogens with one attached hydrogen (secondary N) is 1. The molecule has 0 saturated heterocycles. The van der Waals surface area contributed by atoms with Gasteiger partial charge in [-0.25, -0.2) is 4.98 Å². The van der Waals surface area contributed by atoms with Crippen LogP contribution in [-0.2, 0) is 4.79 Å². The number of pyridine rings is 1. The van der Waals surface area contributed by atoms with E-state index in [0.717, 1.165) is 25.7 Å². The molecule has 0 radical (unpaired) electrons. The second-order valence-corrected chi connectivity index (χ2v) is 5.39. The number of nitrogens with zero attached hydrogens (tertiary/aromatic N) is 2. The van der Waals surface area contributed by atoms with Gasteiger partial charge in [-0.15, -0.1) is 0 Å². The number of carboxylic acid groups (broad SMARTS) is 1. The Morgan fingerprint density at radius 3 is 2.71 bits per heavy atom. The molecule has 7 heteroatoms. The molecule has 2 unspecified atom stereocenters. The van der Waals surface area contributed by atoms with Crippen LogP contribution in [0.1, 0.15) is 37.8 Å². The molecular formula is C14H19N3O4. The van der Waals surface area contributed by atoms with E-state index in [-0.39, 0.29) is 11.7 Å². The molecule has 1 fully saturated rings. The van der Waals surface area contributed by atoms with Crippen LogP contribution in [0.5, 0.6) is 0 Å². The molecule has 2 N–H and O–H groups in total. The third-order valence-corrected chi connectivity index (χ3v) is 3.92. The number of carboxylic acids is 1. The van der Waals surface area contributed by atoms with E-state index in [2.05, 4.69) is 10.3 Å². The number of aryl methyl sites for hydroxylation is 1. The molecule has 7 nitrogen and oxygen atoms in total. The van der Waals surface area contributed by atoms with Gasteiger partial charge in [-0.05, 0) is 25.8 Å². The molecule has 1 heterocycles. The molecule has 2 rings (SSSR count). The fourth-order valence-corrected chi connectivity index (χ4v) is 2.79. The highest BCUT2D eigenvalue weighted by molar-refractivity contribution is 5.71. The lowest BCUT2D eigenvalue weighted by Crippen LogP contribution is -2.34. The predicted octanol–water partition coefficient (Wildman–Crippen LogP) is 2.74. The van der Waals surface area contributed by atoms with Gasteiger partial charge < -0.3 is 10.4 Å². The smallest absolute Gasteiger partial charge is 0.308 e. The third kappa shape index (κ3) is 3.68. The highest BCUT2D eigenvalue weighted by atomic mass is 16.6. The summed E-state index contributed by atoms with van der Waals surface area (Å²) in [5.41, 5.74) is 0.293. The quantitative estimate of drug-likeness (QED) is 0.502. The van der Waals surface area contributed by atoms with Gasteiger partial charge >= 0.3 is 5.97 Å². The van der Waals surface area contributed by atoms with Crippen LogP contribution >= 0.6 is 0 Å². The molecular weight excluding hydrogens is 274 g/mol. The molecule has 1 aromatic rings. The highest BCUT2D eigenvalue weighted by Crippen LogP contribution is 2.27. The molecule has 0 aromatic carbocycles. The maximum atomic E-state index is 11.4. The first-order valence-electron chi connectivity index (χ1n) is 7.10. The van der Waals surface area contributed by atoms with E-state index in [1.807, 2.05) is 0 Å². The maximum Gasteiger partial charge on any atom is 0.308 e. The second kappa shape index (κ2) is 6.51. The van der Waals surface area contributed by atoms with Gasteiger partial charge in [0.25, 0.3) is 5.69 Å². The lowest BCUT2D eigenvalue weighted by Gasteiger charge is -2.23. The molecule has 114 valence electrons. The van der Waals surface area contributed by atoms with E-state index in [9.17, 15) is 20.0 Å². The Bertz CT molecular complexity index is 547. The van der Waals surface area contributed by atoms with Crippen molar-refractivity contribution in [2.45, 2.75) is 45.1 Å². The number of rotatable bonds is 4. The van der Waals surface area contributed by atoms with Crippen LogP contribution in [0.3, 0.4) is 0 Å². The summed E-state index contributed by atoms with van der Waals surface area (Å²) in [5, 5.41) is 23.3. The Labute approximate surface area is 122 Å². The SMILES string of the molecule is Cc1nc(NC2CCCCCC2C(=O)O)ccc1[N+](=O)[O-]. The summed E-state index contributed by atoms with van der Waals surface area (Å²) in [6, 6.07) is 2.75. The van der Waals surface area contributed by atoms with E-state index in [4.69, 9.17) is 0 Å². The average Bonchev–Trinajstić information content (AvgIpc) is 2.63. The van der Waals surface area contributed by atoms with Crippen LogP contribution in [-0.4, -0.2) is 27.0 Å². The Kier molecular flexibility index (Phi) is 4.72. The molecule has 1 aliphatic rings. The maximum absolute atomic E-state index is 11.4. The van der Waals surface area contributed by atoms with E-state index in [1.54, 1.807) is 6.92 Å². The van der Waals surface area contributed by atoms with Gasteiger partial charge in [-0.2, -0.15) is 0 Å². The minimum Gasteiger partial charge on any atom is -0.481 e. The molecule has 0 bridgehead atoms. The van der Waals surface area contributed by atoms with E-state index < -0.39 is 16.8 Å². The number of aliphatic carboxylic acids is 1. The third-order valence-electron chi connectivity index (χ3n) is 3.92. The Balaban J connectivity index is 2.16. The molecule has 1 aromatic heterocycles. The zero-order valence-electron chi connectivity index (χ0n) is 11.9. The van der Waals surface area contributed by atoms with Gasteiger partial charge in [0.05, 0.1) is 10.8 Å². The van der Waals surface area contributed by atoms with Gasteiger partial charge in [-0.3, -0.25) is 14.9 Å². The molecule has 0 spiro atoms. The zero-order chi connectivity index (χ0) is 15.4. The number of carbonyl (C=O) groups is 1.